The molecule has 0 spiro atoms. The van der Waals surface area contributed by atoms with Crippen LogP contribution < -0.4 is 20.1 Å². The van der Waals surface area contributed by atoms with E-state index in [1.54, 1.807) is 37.4 Å². The molecule has 1 aromatic heterocycles. The maximum absolute atomic E-state index is 12.7. The van der Waals surface area contributed by atoms with Crippen LogP contribution in [0.3, 0.4) is 0 Å². The number of methoxy groups -OCH3 is 1. The van der Waals surface area contributed by atoms with Crippen molar-refractivity contribution in [2.45, 2.75) is 26.8 Å². The highest BCUT2D eigenvalue weighted by Gasteiger charge is 2.13. The highest BCUT2D eigenvalue weighted by molar-refractivity contribution is 6.03. The van der Waals surface area contributed by atoms with Gasteiger partial charge >= 0.3 is 0 Å². The van der Waals surface area contributed by atoms with Crippen LogP contribution in [-0.4, -0.2) is 25.5 Å². The number of carbonyl (C=O) groups is 2. The Morgan fingerprint density at radius 2 is 1.87 bits per heavy atom. The van der Waals surface area contributed by atoms with Crippen molar-refractivity contribution in [3.05, 3.63) is 77.2 Å². The summed E-state index contributed by atoms with van der Waals surface area (Å²) in [5, 5.41) is 5.67. The van der Waals surface area contributed by atoms with Gasteiger partial charge in [-0.2, -0.15) is 0 Å². The first-order valence-electron chi connectivity index (χ1n) is 10.0. The molecule has 7 heteroatoms. The van der Waals surface area contributed by atoms with Crippen molar-refractivity contribution in [1.29, 1.82) is 0 Å². The molecule has 0 aliphatic carbocycles. The number of nitrogens with one attached hydrogen (secondary N) is 2. The van der Waals surface area contributed by atoms with Crippen LogP contribution in [0, 0.1) is 6.92 Å². The van der Waals surface area contributed by atoms with Gasteiger partial charge in [0, 0.05) is 17.8 Å². The summed E-state index contributed by atoms with van der Waals surface area (Å²) in [5.74, 6) is 0.879. The van der Waals surface area contributed by atoms with Gasteiger partial charge in [0.2, 0.25) is 0 Å². The number of hydrogen-bond acceptors (Lipinski definition) is 5. The van der Waals surface area contributed by atoms with Gasteiger partial charge in [-0.15, -0.1) is 0 Å². The lowest BCUT2D eigenvalue weighted by atomic mass is 10.1. The second-order valence-electron chi connectivity index (χ2n) is 6.98. The van der Waals surface area contributed by atoms with Crippen molar-refractivity contribution in [3.63, 3.8) is 0 Å². The molecule has 0 aliphatic heterocycles. The van der Waals surface area contributed by atoms with Gasteiger partial charge in [-0.1, -0.05) is 19.1 Å². The second kappa shape index (κ2) is 10.3. The lowest BCUT2D eigenvalue weighted by Gasteiger charge is -2.13. The predicted octanol–water partition coefficient (Wildman–Crippen LogP) is 4.57. The van der Waals surface area contributed by atoms with Crippen LogP contribution in [0.15, 0.2) is 59.2 Å². The fourth-order valence-corrected chi connectivity index (χ4v) is 2.93. The minimum atomic E-state index is -0.372. The molecule has 1 heterocycles. The first-order valence-corrected chi connectivity index (χ1v) is 10.0. The van der Waals surface area contributed by atoms with Crippen molar-refractivity contribution in [1.82, 2.24) is 5.32 Å². The molecule has 2 N–H and O–H groups in total. The quantitative estimate of drug-likeness (QED) is 0.527. The van der Waals surface area contributed by atoms with Crippen molar-refractivity contribution in [2.75, 3.05) is 19.0 Å². The smallest absolute Gasteiger partial charge is 0.291 e. The average molecular weight is 422 g/mol. The van der Waals surface area contributed by atoms with Crippen LogP contribution in [-0.2, 0) is 6.54 Å². The van der Waals surface area contributed by atoms with E-state index in [9.17, 15) is 9.59 Å². The van der Waals surface area contributed by atoms with Crippen molar-refractivity contribution in [3.8, 4) is 11.5 Å². The Morgan fingerprint density at radius 3 is 2.58 bits per heavy atom. The molecule has 0 unspecified atom stereocenters. The van der Waals surface area contributed by atoms with Gasteiger partial charge in [-0.05, 0) is 60.9 Å². The number of carbonyl (C=O) groups excluding carboxylic acids is 2. The zero-order chi connectivity index (χ0) is 22.2. The van der Waals surface area contributed by atoms with E-state index in [4.69, 9.17) is 13.9 Å². The molecule has 0 aliphatic rings. The van der Waals surface area contributed by atoms with Gasteiger partial charge in [0.25, 0.3) is 11.8 Å². The third kappa shape index (κ3) is 5.66. The minimum absolute atomic E-state index is 0.203. The molecule has 0 bridgehead atoms. The molecule has 162 valence electrons. The van der Waals surface area contributed by atoms with E-state index in [2.05, 4.69) is 10.6 Å². The van der Waals surface area contributed by atoms with Crippen LogP contribution >= 0.6 is 0 Å². The van der Waals surface area contributed by atoms with Crippen LogP contribution in [0.5, 0.6) is 11.5 Å². The summed E-state index contributed by atoms with van der Waals surface area (Å²) in [7, 11) is 1.58. The van der Waals surface area contributed by atoms with E-state index in [0.717, 1.165) is 17.5 Å². The van der Waals surface area contributed by atoms with E-state index >= 15 is 0 Å². The number of furan rings is 1. The number of amides is 2. The Hall–Kier alpha value is -3.74. The molecule has 0 atom stereocenters. The monoisotopic (exact) mass is 422 g/mol. The molecule has 0 fully saturated rings. The summed E-state index contributed by atoms with van der Waals surface area (Å²) >= 11 is 0. The highest BCUT2D eigenvalue weighted by Crippen LogP contribution is 2.28. The molecule has 2 amide bonds. The molecule has 3 aromatic rings. The Morgan fingerprint density at radius 1 is 1.03 bits per heavy atom. The van der Waals surface area contributed by atoms with Crippen LogP contribution in [0.4, 0.5) is 5.69 Å². The summed E-state index contributed by atoms with van der Waals surface area (Å²) in [5.41, 5.74) is 2.71. The first-order chi connectivity index (χ1) is 15.0. The number of aryl methyl sites for hydroxylation is 1. The van der Waals surface area contributed by atoms with E-state index in [-0.39, 0.29) is 17.6 Å². The second-order valence-corrected chi connectivity index (χ2v) is 6.98. The van der Waals surface area contributed by atoms with E-state index in [0.29, 0.717) is 35.9 Å². The summed E-state index contributed by atoms with van der Waals surface area (Å²) in [6, 6.07) is 13.9. The molecule has 3 rings (SSSR count). The molecular weight excluding hydrogens is 396 g/mol. The summed E-state index contributed by atoms with van der Waals surface area (Å²) in [6.07, 6.45) is 2.34. The summed E-state index contributed by atoms with van der Waals surface area (Å²) in [6.45, 7) is 4.83. The molecule has 0 radical (unpaired) electrons. The maximum atomic E-state index is 12.7. The fraction of sp³-hybridized carbons (Fsp3) is 0.250. The topological polar surface area (TPSA) is 89.8 Å². The molecular formula is C24H26N2O5. The van der Waals surface area contributed by atoms with Gasteiger partial charge in [0.15, 0.2) is 17.3 Å². The Bertz CT molecular complexity index is 1040. The molecule has 31 heavy (non-hydrogen) atoms. The van der Waals surface area contributed by atoms with Crippen molar-refractivity contribution < 1.29 is 23.5 Å². The Kier molecular flexibility index (Phi) is 7.32. The number of ether oxygens (including phenoxy) is 2. The van der Waals surface area contributed by atoms with Gasteiger partial charge in [0.05, 0.1) is 20.0 Å². The molecule has 0 saturated heterocycles. The Labute approximate surface area is 181 Å². The van der Waals surface area contributed by atoms with Gasteiger partial charge < -0.3 is 24.5 Å². The molecule has 0 saturated carbocycles. The number of benzene rings is 2. The normalized spacial score (nSPS) is 10.4. The fourth-order valence-electron chi connectivity index (χ4n) is 2.93. The largest absolute Gasteiger partial charge is 0.493 e. The number of anilines is 1. The van der Waals surface area contributed by atoms with Crippen LogP contribution in [0.1, 0.15) is 45.4 Å². The van der Waals surface area contributed by atoms with Crippen molar-refractivity contribution in [2.24, 2.45) is 0 Å². The van der Waals surface area contributed by atoms with E-state index in [1.807, 2.05) is 32.0 Å². The Balaban J connectivity index is 1.66. The lowest BCUT2D eigenvalue weighted by Crippen LogP contribution is -2.23. The highest BCUT2D eigenvalue weighted by atomic mass is 16.5. The number of hydrogen-bond donors (Lipinski definition) is 2. The maximum Gasteiger partial charge on any atom is 0.291 e. The van der Waals surface area contributed by atoms with Gasteiger partial charge in [0.1, 0.15) is 0 Å². The molecule has 2 aromatic carbocycles. The lowest BCUT2D eigenvalue weighted by molar-refractivity contribution is 0.0949. The number of rotatable bonds is 9. The average Bonchev–Trinajstić information content (AvgIpc) is 3.33. The van der Waals surface area contributed by atoms with Gasteiger partial charge in [-0.25, -0.2) is 0 Å². The standard InChI is InChI=1S/C24H26N2O5/c1-4-11-30-20-10-8-17(13-22(20)29-3)15-25-23(27)18-9-7-16(2)19(14-18)26-24(28)21-6-5-12-31-21/h5-10,12-14H,4,11,15H2,1-3H3,(H,25,27)(H,26,28). The summed E-state index contributed by atoms with van der Waals surface area (Å²) in [4.78, 5) is 24.9. The van der Waals surface area contributed by atoms with E-state index < -0.39 is 0 Å². The third-order valence-electron chi connectivity index (χ3n) is 4.64. The zero-order valence-electron chi connectivity index (χ0n) is 17.9. The third-order valence-corrected chi connectivity index (χ3v) is 4.64. The first kappa shape index (κ1) is 22.0. The summed E-state index contributed by atoms with van der Waals surface area (Å²) < 4.78 is 16.2. The SMILES string of the molecule is CCCOc1ccc(CNC(=O)c2ccc(C)c(NC(=O)c3ccco3)c2)cc1OC. The van der Waals surface area contributed by atoms with Gasteiger partial charge in [-0.3, -0.25) is 9.59 Å². The zero-order valence-corrected chi connectivity index (χ0v) is 17.9. The van der Waals surface area contributed by atoms with Crippen LogP contribution in [0.2, 0.25) is 0 Å². The van der Waals surface area contributed by atoms with Crippen LogP contribution in [0.25, 0.3) is 0 Å². The van der Waals surface area contributed by atoms with Crippen molar-refractivity contribution >= 4 is 17.5 Å². The minimum Gasteiger partial charge on any atom is -0.493 e. The molecule has 7 nitrogen and oxygen atoms in total. The van der Waals surface area contributed by atoms with E-state index in [1.165, 1.54) is 6.26 Å². The predicted molar refractivity (Wildman–Crippen MR) is 118 cm³/mol.